The first kappa shape index (κ1) is 26.6. The Balaban J connectivity index is 1.50. The molecule has 0 saturated carbocycles. The summed E-state index contributed by atoms with van der Waals surface area (Å²) >= 11 is 0. The molecule has 4 N–H and O–H groups in total. The van der Waals surface area contributed by atoms with E-state index >= 15 is 0 Å². The molecule has 0 amide bonds. The molecule has 1 unspecified atom stereocenters. The van der Waals surface area contributed by atoms with Crippen LogP contribution in [-0.2, 0) is 18.4 Å². The number of phenols is 3. The predicted octanol–water partition coefficient (Wildman–Crippen LogP) is 4.04. The fourth-order valence-electron chi connectivity index (χ4n) is 5.02. The molecule has 0 bridgehead atoms. The van der Waals surface area contributed by atoms with Gasteiger partial charge in [-0.05, 0) is 35.9 Å². The average Bonchev–Trinajstić information content (AvgIpc) is 3.38. The summed E-state index contributed by atoms with van der Waals surface area (Å²) in [6.07, 6.45) is 3.33. The lowest BCUT2D eigenvalue weighted by Crippen LogP contribution is -2.22. The van der Waals surface area contributed by atoms with Gasteiger partial charge in [-0.3, -0.25) is 9.59 Å². The van der Waals surface area contributed by atoms with Gasteiger partial charge in [0.1, 0.15) is 34.9 Å². The number of nitrogens with zero attached hydrogens (tertiary/aromatic N) is 2. The number of imidazole rings is 1. The number of aromatic hydroxyl groups is 4. The van der Waals surface area contributed by atoms with E-state index in [0.717, 1.165) is 12.1 Å². The number of fused-ring (bicyclic) bond motifs is 3. The Morgan fingerprint density at radius 3 is 2.52 bits per heavy atom. The first-order valence-corrected chi connectivity index (χ1v) is 12.7. The molecule has 1 atom stereocenters. The Kier molecular flexibility index (Phi) is 6.37. The maximum atomic E-state index is 13.3. The minimum absolute atomic E-state index is 0.0244. The van der Waals surface area contributed by atoms with Crippen LogP contribution in [0, 0.1) is 0 Å². The monoisotopic (exact) mass is 572 g/mol. The summed E-state index contributed by atoms with van der Waals surface area (Å²) in [7, 11) is 3.33. The molecule has 3 aromatic carbocycles. The molecule has 12 heteroatoms. The number of esters is 1. The van der Waals surface area contributed by atoms with Crippen molar-refractivity contribution in [2.75, 3.05) is 7.11 Å². The minimum Gasteiger partial charge on any atom is -0.507 e. The Labute approximate surface area is 237 Å². The maximum absolute atomic E-state index is 13.3. The lowest BCUT2D eigenvalue weighted by Gasteiger charge is -2.26. The molecule has 0 radical (unpaired) electrons. The van der Waals surface area contributed by atoms with Crippen molar-refractivity contribution in [2.24, 2.45) is 7.05 Å². The quantitative estimate of drug-likeness (QED) is 0.131. The normalized spacial score (nSPS) is 14.4. The molecule has 214 valence electrons. The van der Waals surface area contributed by atoms with Crippen molar-refractivity contribution in [1.29, 1.82) is 0 Å². The van der Waals surface area contributed by atoms with Gasteiger partial charge in [0.05, 0.1) is 13.5 Å². The first-order chi connectivity index (χ1) is 20.2. The molecule has 12 nitrogen and oxygen atoms in total. The lowest BCUT2D eigenvalue weighted by atomic mass is 9.85. The highest BCUT2D eigenvalue weighted by Crippen LogP contribution is 2.48. The smallest absolute Gasteiger partial charge is 0.312 e. The van der Waals surface area contributed by atoms with Gasteiger partial charge in [0.2, 0.25) is 11.2 Å². The van der Waals surface area contributed by atoms with Crippen LogP contribution in [0.3, 0.4) is 0 Å². The molecule has 0 fully saturated rings. The standard InChI is InChI=1S/C30H24N2O10/c1-32-8-7-31-23(32)13-40-20-6-4-14(10-21(20)39-2)16-11-24(36)41-22-12-19(35)26-27(37)28(38)29(42-30(26)25(16)22)15-3-5-17(33)18(34)9-15/h3-10,12,16,33-35,38H,11,13H2,1-2H3. The van der Waals surface area contributed by atoms with Gasteiger partial charge in [0.15, 0.2) is 28.8 Å². The Bertz CT molecular complexity index is 1940. The second-order valence-corrected chi connectivity index (χ2v) is 9.71. The van der Waals surface area contributed by atoms with Crippen LogP contribution in [0.5, 0.6) is 40.2 Å². The Hall–Kier alpha value is -5.65. The molecular weight excluding hydrogens is 548 g/mol. The summed E-state index contributed by atoms with van der Waals surface area (Å²) in [5, 5.41) is 40.8. The molecule has 1 aliphatic rings. The van der Waals surface area contributed by atoms with Gasteiger partial charge >= 0.3 is 5.97 Å². The van der Waals surface area contributed by atoms with Crippen LogP contribution in [0.4, 0.5) is 0 Å². The topological polar surface area (TPSA) is 174 Å². The number of hydrogen-bond donors (Lipinski definition) is 4. The molecule has 0 aliphatic carbocycles. The highest BCUT2D eigenvalue weighted by atomic mass is 16.5. The van der Waals surface area contributed by atoms with Gasteiger partial charge in [0.25, 0.3) is 0 Å². The third-order valence-electron chi connectivity index (χ3n) is 7.17. The zero-order valence-corrected chi connectivity index (χ0v) is 22.3. The van der Waals surface area contributed by atoms with Crippen molar-refractivity contribution < 1.29 is 43.8 Å². The van der Waals surface area contributed by atoms with Gasteiger partial charge in [-0.2, -0.15) is 0 Å². The van der Waals surface area contributed by atoms with Crippen molar-refractivity contribution in [1.82, 2.24) is 9.55 Å². The lowest BCUT2D eigenvalue weighted by molar-refractivity contribution is -0.135. The van der Waals surface area contributed by atoms with E-state index in [4.69, 9.17) is 18.6 Å². The van der Waals surface area contributed by atoms with E-state index in [1.54, 1.807) is 30.6 Å². The molecule has 6 rings (SSSR count). The van der Waals surface area contributed by atoms with Gasteiger partial charge in [-0.15, -0.1) is 0 Å². The van der Waals surface area contributed by atoms with E-state index in [9.17, 15) is 30.0 Å². The summed E-state index contributed by atoms with van der Waals surface area (Å²) in [6.45, 7) is 0.186. The predicted molar refractivity (Wildman–Crippen MR) is 147 cm³/mol. The number of aromatic nitrogens is 2. The van der Waals surface area contributed by atoms with Gasteiger partial charge < -0.3 is 43.6 Å². The van der Waals surface area contributed by atoms with Crippen molar-refractivity contribution in [3.8, 4) is 51.6 Å². The molecule has 3 heterocycles. The number of rotatable bonds is 6. The van der Waals surface area contributed by atoms with Gasteiger partial charge in [-0.1, -0.05) is 6.07 Å². The summed E-state index contributed by atoms with van der Waals surface area (Å²) < 4.78 is 24.8. The average molecular weight is 573 g/mol. The number of hydrogen-bond acceptors (Lipinski definition) is 11. The van der Waals surface area contributed by atoms with Crippen LogP contribution in [0.1, 0.15) is 29.3 Å². The van der Waals surface area contributed by atoms with Crippen LogP contribution < -0.4 is 19.6 Å². The largest absolute Gasteiger partial charge is 0.507 e. The highest BCUT2D eigenvalue weighted by Gasteiger charge is 2.35. The molecule has 42 heavy (non-hydrogen) atoms. The number of aryl methyl sites for hydroxylation is 1. The summed E-state index contributed by atoms with van der Waals surface area (Å²) in [5.74, 6) is -2.41. The van der Waals surface area contributed by atoms with Crippen LogP contribution >= 0.6 is 0 Å². The summed E-state index contributed by atoms with van der Waals surface area (Å²) in [4.78, 5) is 30.2. The summed E-state index contributed by atoms with van der Waals surface area (Å²) in [6, 6.07) is 9.86. The molecule has 5 aromatic rings. The van der Waals surface area contributed by atoms with E-state index < -0.39 is 40.3 Å². The molecule has 0 saturated heterocycles. The van der Waals surface area contributed by atoms with Gasteiger partial charge in [0, 0.05) is 42.6 Å². The van der Waals surface area contributed by atoms with Crippen LogP contribution in [0.15, 0.2) is 64.1 Å². The summed E-state index contributed by atoms with van der Waals surface area (Å²) in [5.41, 5.74) is -0.0976. The fraction of sp³-hybridized carbons (Fsp3) is 0.167. The second kappa shape index (κ2) is 10.1. The Morgan fingerprint density at radius 2 is 1.81 bits per heavy atom. The molecule has 2 aromatic heterocycles. The maximum Gasteiger partial charge on any atom is 0.312 e. The van der Waals surface area contributed by atoms with Crippen LogP contribution in [0.25, 0.3) is 22.3 Å². The number of ether oxygens (including phenoxy) is 3. The van der Waals surface area contributed by atoms with Crippen molar-refractivity contribution in [3.05, 3.63) is 82.0 Å². The first-order valence-electron chi connectivity index (χ1n) is 12.7. The third-order valence-corrected chi connectivity index (χ3v) is 7.17. The van der Waals surface area contributed by atoms with E-state index in [1.165, 1.54) is 19.2 Å². The van der Waals surface area contributed by atoms with Crippen molar-refractivity contribution >= 4 is 16.9 Å². The van der Waals surface area contributed by atoms with Crippen LogP contribution in [-0.4, -0.2) is 43.1 Å². The number of phenolic OH excluding ortho intramolecular Hbond substituents is 3. The SMILES string of the molecule is COc1cc(C2CC(=O)Oc3cc(O)c4c(=O)c(O)c(-c5ccc(O)c(O)c5)oc4c32)ccc1OCc1nccn1C. The number of carbonyl (C=O) groups excluding carboxylic acids is 1. The number of benzene rings is 3. The van der Waals surface area contributed by atoms with Crippen LogP contribution in [0.2, 0.25) is 0 Å². The van der Waals surface area contributed by atoms with Crippen molar-refractivity contribution in [2.45, 2.75) is 18.9 Å². The molecule has 0 spiro atoms. The fourth-order valence-corrected chi connectivity index (χ4v) is 5.02. The van der Waals surface area contributed by atoms with E-state index in [2.05, 4.69) is 4.98 Å². The number of carbonyl (C=O) groups is 1. The van der Waals surface area contributed by atoms with Crippen molar-refractivity contribution in [3.63, 3.8) is 0 Å². The van der Waals surface area contributed by atoms with Gasteiger partial charge in [-0.25, -0.2) is 4.98 Å². The van der Waals surface area contributed by atoms with E-state index in [-0.39, 0.29) is 46.6 Å². The molecular formula is C30H24N2O10. The zero-order valence-electron chi connectivity index (χ0n) is 22.3. The molecule has 1 aliphatic heterocycles. The van der Waals surface area contributed by atoms with E-state index in [1.807, 2.05) is 11.6 Å². The van der Waals surface area contributed by atoms with E-state index in [0.29, 0.717) is 22.9 Å². The third kappa shape index (κ3) is 4.38. The number of methoxy groups -OCH3 is 1. The zero-order chi connectivity index (χ0) is 29.7. The second-order valence-electron chi connectivity index (χ2n) is 9.71. The minimum atomic E-state index is -0.939. The Morgan fingerprint density at radius 1 is 1.00 bits per heavy atom. The highest BCUT2D eigenvalue weighted by molar-refractivity contribution is 5.94.